The van der Waals surface area contributed by atoms with Gasteiger partial charge >= 0.3 is 189 Å². The Morgan fingerprint density at radius 1 is 0.773 bits per heavy atom. The fourth-order valence-corrected chi connectivity index (χ4v) is 1.29. The summed E-state index contributed by atoms with van der Waals surface area (Å²) < 4.78 is 27.0. The Balaban J connectivity index is -0.0000000516. The first-order valence-corrected chi connectivity index (χ1v) is 6.83. The van der Waals surface area contributed by atoms with Gasteiger partial charge in [-0.15, -0.1) is 0 Å². The minimum Gasteiger partial charge on any atom is -1.00 e. The topological polar surface area (TPSA) is 208 Å². The molecule has 22 heavy (non-hydrogen) atoms. The van der Waals surface area contributed by atoms with Gasteiger partial charge in [-0.2, -0.15) is 0 Å². The average molecular weight is 438 g/mol. The molecular formula is C4H12K2Na2O12P2. The van der Waals surface area contributed by atoms with E-state index in [0.717, 1.165) is 0 Å². The second kappa shape index (κ2) is 16.4. The van der Waals surface area contributed by atoms with E-state index in [1.807, 2.05) is 0 Å². The molecule has 0 aliphatic heterocycles. The van der Waals surface area contributed by atoms with E-state index in [0.29, 0.717) is 0 Å². The van der Waals surface area contributed by atoms with E-state index in [4.69, 9.17) is 29.8 Å². The first-order chi connectivity index (χ1) is 7.83. The molecule has 2 atom stereocenters. The van der Waals surface area contributed by atoms with Crippen LogP contribution in [0.25, 0.3) is 0 Å². The standard InChI is InChI=1S/C4H8O12P2.2K.2Na.4H/c5-1(3(7)15-17(9,10)11)2(6)4(8)16-18(12,13)14;;;;;;;;/h1-2,5-6H,(H2,9,10,11)(H2,12,13,14);;;;;;;;/q;4*+1;4*-1. The van der Waals surface area contributed by atoms with Gasteiger partial charge in [-0.3, -0.25) is 19.6 Å². The molecule has 0 aliphatic rings. The van der Waals surface area contributed by atoms with Gasteiger partial charge in [-0.05, 0) is 0 Å². The molecule has 12 nitrogen and oxygen atoms in total. The predicted octanol–water partition coefficient (Wildman–Crippen LogP) is -14.6. The van der Waals surface area contributed by atoms with Gasteiger partial charge in [0.15, 0.2) is 12.2 Å². The Kier molecular flexibility index (Phi) is 27.7. The van der Waals surface area contributed by atoms with Crippen LogP contribution in [0.2, 0.25) is 0 Å². The van der Waals surface area contributed by atoms with Gasteiger partial charge in [-0.25, -0.2) is 18.7 Å². The molecule has 0 amide bonds. The Morgan fingerprint density at radius 2 is 0.955 bits per heavy atom. The third kappa shape index (κ3) is 19.2. The van der Waals surface area contributed by atoms with E-state index in [9.17, 15) is 18.7 Å². The molecule has 0 aromatic carbocycles. The summed E-state index contributed by atoms with van der Waals surface area (Å²) in [5, 5.41) is 17.8. The monoisotopic (exact) mass is 438 g/mol. The van der Waals surface area contributed by atoms with Crippen LogP contribution in [0, 0.1) is 0 Å². The Hall–Kier alpha value is 4.43. The second-order valence-corrected chi connectivity index (χ2v) is 5.02. The van der Waals surface area contributed by atoms with Gasteiger partial charge in [0.1, 0.15) is 0 Å². The third-order valence-electron chi connectivity index (χ3n) is 1.20. The summed E-state index contributed by atoms with van der Waals surface area (Å²) in [6, 6.07) is 0. The van der Waals surface area contributed by atoms with Crippen molar-refractivity contribution in [1.82, 2.24) is 0 Å². The van der Waals surface area contributed by atoms with E-state index in [1.54, 1.807) is 0 Å². The van der Waals surface area contributed by atoms with Crippen LogP contribution in [0.15, 0.2) is 0 Å². The Bertz CT molecular complexity index is 411. The van der Waals surface area contributed by atoms with Gasteiger partial charge < -0.3 is 25.0 Å². The summed E-state index contributed by atoms with van der Waals surface area (Å²) >= 11 is 0. The van der Waals surface area contributed by atoms with Crippen molar-refractivity contribution in [2.24, 2.45) is 0 Å². The molecular weight excluding hydrogens is 426 g/mol. The summed E-state index contributed by atoms with van der Waals surface area (Å²) in [5.41, 5.74) is 0. The van der Waals surface area contributed by atoms with Gasteiger partial charge in [0.25, 0.3) is 0 Å². The van der Waals surface area contributed by atoms with Crippen LogP contribution in [0.5, 0.6) is 0 Å². The average Bonchev–Trinajstić information content (AvgIpc) is 2.09. The molecule has 0 rings (SSSR count). The first kappa shape index (κ1) is 37.2. The number of rotatable bonds is 5. The summed E-state index contributed by atoms with van der Waals surface area (Å²) in [4.78, 5) is 54.2. The van der Waals surface area contributed by atoms with Crippen LogP contribution in [-0.4, -0.2) is 53.9 Å². The second-order valence-electron chi connectivity index (χ2n) is 2.69. The zero-order valence-corrected chi connectivity index (χ0v) is 24.2. The maximum absolute atomic E-state index is 10.7. The first-order valence-electron chi connectivity index (χ1n) is 3.77. The molecule has 6 N–H and O–H groups in total. The fourth-order valence-electron chi connectivity index (χ4n) is 0.600. The molecule has 0 saturated carbocycles. The van der Waals surface area contributed by atoms with E-state index < -0.39 is 39.8 Å². The molecule has 0 aromatic rings. The maximum atomic E-state index is 10.7. The maximum Gasteiger partial charge on any atom is 1.00 e. The molecule has 0 aliphatic carbocycles. The number of phosphoric acid groups is 2. The minimum atomic E-state index is -5.31. The van der Waals surface area contributed by atoms with Gasteiger partial charge in [0.2, 0.25) is 0 Å². The van der Waals surface area contributed by atoms with Crippen molar-refractivity contribution >= 4 is 27.6 Å². The molecule has 2 unspecified atom stereocenters. The minimum absolute atomic E-state index is 0. The third-order valence-corrected chi connectivity index (χ3v) is 2.04. The number of aliphatic hydroxyl groups is 2. The molecule has 0 bridgehead atoms. The molecule has 0 fully saturated rings. The van der Waals surface area contributed by atoms with Crippen LogP contribution >= 0.6 is 15.6 Å². The van der Waals surface area contributed by atoms with Crippen molar-refractivity contribution in [2.75, 3.05) is 0 Å². The summed E-state index contributed by atoms with van der Waals surface area (Å²) in [7, 11) is -10.6. The van der Waals surface area contributed by atoms with Crippen LogP contribution in [0.4, 0.5) is 0 Å². The van der Waals surface area contributed by atoms with Crippen LogP contribution in [-0.2, 0) is 27.8 Å². The predicted molar refractivity (Wildman–Crippen MR) is 52.7 cm³/mol. The zero-order chi connectivity index (χ0) is 14.7. The smallest absolute Gasteiger partial charge is 1.00 e. The molecule has 0 heterocycles. The van der Waals surface area contributed by atoms with Gasteiger partial charge in [0.05, 0.1) is 0 Å². The van der Waals surface area contributed by atoms with Crippen molar-refractivity contribution in [1.29, 1.82) is 0 Å². The van der Waals surface area contributed by atoms with Crippen molar-refractivity contribution in [3.8, 4) is 0 Å². The van der Waals surface area contributed by atoms with Crippen LogP contribution < -0.4 is 162 Å². The van der Waals surface area contributed by atoms with Crippen molar-refractivity contribution in [3.05, 3.63) is 0 Å². The van der Waals surface area contributed by atoms with Gasteiger partial charge in [0, 0.05) is 0 Å². The summed E-state index contributed by atoms with van der Waals surface area (Å²) in [6.07, 6.45) is -5.59. The van der Waals surface area contributed by atoms with Crippen molar-refractivity contribution in [3.63, 3.8) is 0 Å². The zero-order valence-electron chi connectivity index (χ0n) is 16.2. The van der Waals surface area contributed by atoms with E-state index in [2.05, 4.69) is 9.05 Å². The molecule has 18 heteroatoms. The normalized spacial score (nSPS) is 12.8. The van der Waals surface area contributed by atoms with E-state index in [-0.39, 0.29) is 168 Å². The number of carbonyl (C=O) groups excluding carboxylic acids is 2. The summed E-state index contributed by atoms with van der Waals surface area (Å²) in [5.74, 6) is -4.17. The molecule has 114 valence electrons. The quantitative estimate of drug-likeness (QED) is 0.175. The number of hydrogen-bond donors (Lipinski definition) is 6. The number of phosphoric ester groups is 2. The Morgan fingerprint density at radius 3 is 1.09 bits per heavy atom. The Labute approximate surface area is 259 Å². The molecule has 0 radical (unpaired) electrons. The number of carbonyl (C=O) groups is 2. The molecule has 0 saturated heterocycles. The SMILES string of the molecule is O=C(OP(=O)(O)O)C(O)C(O)C(=O)OP(=O)(O)O.[H-].[H-].[H-].[H-].[K+].[K+].[Na+].[Na+]. The van der Waals surface area contributed by atoms with E-state index in [1.165, 1.54) is 0 Å². The molecule has 0 spiro atoms. The largest absolute Gasteiger partial charge is 1.00 e. The molecule has 0 aromatic heterocycles. The van der Waals surface area contributed by atoms with Crippen molar-refractivity contribution < 1.29 is 225 Å². The van der Waals surface area contributed by atoms with Crippen LogP contribution in [0.1, 0.15) is 5.71 Å². The van der Waals surface area contributed by atoms with Crippen molar-refractivity contribution in [2.45, 2.75) is 12.2 Å². The number of hydrogen-bond acceptors (Lipinski definition) is 8. The summed E-state index contributed by atoms with van der Waals surface area (Å²) in [6.45, 7) is 0. The van der Waals surface area contributed by atoms with E-state index >= 15 is 0 Å². The fraction of sp³-hybridized carbons (Fsp3) is 0.500. The van der Waals surface area contributed by atoms with Gasteiger partial charge in [-0.1, -0.05) is 0 Å². The van der Waals surface area contributed by atoms with Crippen LogP contribution in [0.3, 0.4) is 0 Å². The number of aliphatic hydroxyl groups excluding tert-OH is 2.